The van der Waals surface area contributed by atoms with Crippen molar-refractivity contribution in [2.24, 2.45) is 5.41 Å². The van der Waals surface area contributed by atoms with Crippen LogP contribution in [0.1, 0.15) is 53.5 Å². The predicted molar refractivity (Wildman–Crippen MR) is 110 cm³/mol. The molecule has 1 aliphatic heterocycles. The molecular weight excluding hydrogens is 368 g/mol. The van der Waals surface area contributed by atoms with Gasteiger partial charge in [0.15, 0.2) is 6.29 Å². The molecule has 0 saturated carbocycles. The minimum atomic E-state index is -0.462. The van der Waals surface area contributed by atoms with Gasteiger partial charge in [-0.15, -0.1) is 0 Å². The average Bonchev–Trinajstić information content (AvgIpc) is 3.11. The van der Waals surface area contributed by atoms with Crippen molar-refractivity contribution >= 4 is 12.6 Å². The first-order valence-corrected chi connectivity index (χ1v) is 10.4. The summed E-state index contributed by atoms with van der Waals surface area (Å²) in [5, 5.41) is 4.67. The molecule has 0 amide bonds. The number of aromatic nitrogens is 2. The van der Waals surface area contributed by atoms with Gasteiger partial charge in [0.2, 0.25) is 0 Å². The monoisotopic (exact) mass is 398 g/mol. The summed E-state index contributed by atoms with van der Waals surface area (Å²) in [5.41, 5.74) is 3.11. The third-order valence-corrected chi connectivity index (χ3v) is 5.67. The summed E-state index contributed by atoms with van der Waals surface area (Å²) >= 11 is 0. The highest BCUT2D eigenvalue weighted by atomic mass is 16.5. The molecule has 1 aromatic carbocycles. The summed E-state index contributed by atoms with van der Waals surface area (Å²) < 4.78 is 13.0. The van der Waals surface area contributed by atoms with E-state index in [4.69, 9.17) is 9.47 Å². The zero-order valence-corrected chi connectivity index (χ0v) is 17.1. The Hall–Kier alpha value is -2.31. The number of carbonyl (C=O) groups is 2. The zero-order chi connectivity index (χ0) is 20.5. The van der Waals surface area contributed by atoms with Crippen molar-refractivity contribution in [3.05, 3.63) is 52.8 Å². The van der Waals surface area contributed by atoms with Crippen molar-refractivity contribution < 1.29 is 19.1 Å². The molecule has 0 aliphatic carbocycles. The van der Waals surface area contributed by atoms with E-state index in [0.29, 0.717) is 57.9 Å². The van der Waals surface area contributed by atoms with Gasteiger partial charge >= 0.3 is 0 Å². The summed E-state index contributed by atoms with van der Waals surface area (Å²) in [6.07, 6.45) is 5.39. The lowest BCUT2D eigenvalue weighted by Crippen LogP contribution is -2.33. The Morgan fingerprint density at radius 3 is 2.62 bits per heavy atom. The van der Waals surface area contributed by atoms with Crippen LogP contribution >= 0.6 is 0 Å². The predicted octanol–water partition coefficient (Wildman–Crippen LogP) is 3.40. The van der Waals surface area contributed by atoms with Gasteiger partial charge < -0.3 is 14.3 Å². The Morgan fingerprint density at radius 1 is 1.21 bits per heavy atom. The maximum Gasteiger partial charge on any atom is 0.168 e. The lowest BCUT2D eigenvalue weighted by molar-refractivity contribution is -0.121. The quantitative estimate of drug-likeness (QED) is 0.429. The van der Waals surface area contributed by atoms with E-state index in [2.05, 4.69) is 5.10 Å². The fraction of sp³-hybridized carbons (Fsp3) is 0.522. The van der Waals surface area contributed by atoms with E-state index >= 15 is 0 Å². The molecule has 29 heavy (non-hydrogen) atoms. The van der Waals surface area contributed by atoms with Crippen LogP contribution in [0, 0.1) is 5.41 Å². The lowest BCUT2D eigenvalue weighted by Gasteiger charge is -2.32. The van der Waals surface area contributed by atoms with Crippen molar-refractivity contribution in [1.82, 2.24) is 9.78 Å². The fourth-order valence-corrected chi connectivity index (χ4v) is 3.90. The van der Waals surface area contributed by atoms with Crippen LogP contribution < -0.4 is 0 Å². The van der Waals surface area contributed by atoms with E-state index in [0.717, 1.165) is 42.2 Å². The van der Waals surface area contributed by atoms with Gasteiger partial charge in [-0.05, 0) is 44.6 Å². The van der Waals surface area contributed by atoms with Crippen LogP contribution in [0.2, 0.25) is 0 Å². The molecule has 0 bridgehead atoms. The molecule has 2 heterocycles. The summed E-state index contributed by atoms with van der Waals surface area (Å²) in [7, 11) is 0. The topological polar surface area (TPSA) is 70.4 Å². The van der Waals surface area contributed by atoms with Gasteiger partial charge in [-0.25, -0.2) is 0 Å². The van der Waals surface area contributed by atoms with Crippen LogP contribution in [0.3, 0.4) is 0 Å². The molecule has 0 atom stereocenters. The zero-order valence-electron chi connectivity index (χ0n) is 17.1. The number of aldehydes is 2. The van der Waals surface area contributed by atoms with Crippen LogP contribution in [0.15, 0.2) is 30.3 Å². The number of rotatable bonds is 11. The molecule has 6 nitrogen and oxygen atoms in total. The maximum atomic E-state index is 11.9. The number of nitrogens with zero attached hydrogens (tertiary/aromatic N) is 2. The number of carbonyl (C=O) groups excluding carboxylic acids is 2. The van der Waals surface area contributed by atoms with E-state index in [1.165, 1.54) is 0 Å². The van der Waals surface area contributed by atoms with Gasteiger partial charge in [-0.3, -0.25) is 9.48 Å². The van der Waals surface area contributed by atoms with E-state index < -0.39 is 5.41 Å². The van der Waals surface area contributed by atoms with Crippen molar-refractivity contribution in [1.29, 1.82) is 0 Å². The second-order valence-corrected chi connectivity index (χ2v) is 7.66. The van der Waals surface area contributed by atoms with Crippen LogP contribution in [-0.2, 0) is 40.3 Å². The highest BCUT2D eigenvalue weighted by Crippen LogP contribution is 2.34. The van der Waals surface area contributed by atoms with E-state index in [1.807, 2.05) is 37.3 Å². The van der Waals surface area contributed by atoms with E-state index in [1.54, 1.807) is 4.68 Å². The van der Waals surface area contributed by atoms with Crippen LogP contribution in [0.5, 0.6) is 0 Å². The molecule has 1 aromatic heterocycles. The smallest absolute Gasteiger partial charge is 0.168 e. The van der Waals surface area contributed by atoms with Crippen molar-refractivity contribution in [2.75, 3.05) is 19.8 Å². The summed E-state index contributed by atoms with van der Waals surface area (Å²) in [6.45, 7) is 4.98. The number of aryl methyl sites for hydroxylation is 2. The second-order valence-electron chi connectivity index (χ2n) is 7.66. The highest BCUT2D eigenvalue weighted by molar-refractivity contribution is 5.76. The molecule has 6 heteroatoms. The Bertz CT molecular complexity index is 795. The Labute approximate surface area is 172 Å². The Morgan fingerprint density at radius 2 is 1.97 bits per heavy atom. The molecule has 3 rings (SSSR count). The molecule has 1 fully saturated rings. The first-order valence-electron chi connectivity index (χ1n) is 10.4. The number of ether oxygens (including phenoxy) is 2. The lowest BCUT2D eigenvalue weighted by atomic mass is 9.76. The van der Waals surface area contributed by atoms with Gasteiger partial charge in [0.05, 0.1) is 12.3 Å². The Balaban J connectivity index is 1.66. The van der Waals surface area contributed by atoms with Gasteiger partial charge in [0.1, 0.15) is 12.0 Å². The van der Waals surface area contributed by atoms with Gasteiger partial charge in [-0.2, -0.15) is 5.10 Å². The third-order valence-electron chi connectivity index (χ3n) is 5.67. The number of hydrogen-bond acceptors (Lipinski definition) is 5. The van der Waals surface area contributed by atoms with Crippen molar-refractivity contribution in [3.8, 4) is 0 Å². The largest absolute Gasteiger partial charge is 0.381 e. The van der Waals surface area contributed by atoms with E-state index in [-0.39, 0.29) is 0 Å². The SMILES string of the molecule is CCn1nc(CCCOCc2ccccc2)c(CC2(C=O)CCOCC2)c1C=O. The minimum Gasteiger partial charge on any atom is -0.381 e. The number of benzene rings is 1. The van der Waals surface area contributed by atoms with Gasteiger partial charge in [-0.1, -0.05) is 30.3 Å². The first kappa shape index (κ1) is 21.4. The molecule has 1 saturated heterocycles. The highest BCUT2D eigenvalue weighted by Gasteiger charge is 2.35. The first-order chi connectivity index (χ1) is 14.2. The summed E-state index contributed by atoms with van der Waals surface area (Å²) in [4.78, 5) is 23.7. The Kier molecular flexibility index (Phi) is 7.72. The van der Waals surface area contributed by atoms with Crippen LogP contribution in [0.25, 0.3) is 0 Å². The fourth-order valence-electron chi connectivity index (χ4n) is 3.90. The van der Waals surface area contributed by atoms with Crippen LogP contribution in [-0.4, -0.2) is 42.2 Å². The molecule has 1 aliphatic rings. The summed E-state index contributed by atoms with van der Waals surface area (Å²) in [6, 6.07) is 10.1. The standard InChI is InChI=1S/C23H30N2O4/c1-2-25-22(16-26)20(15-23(18-27)10-13-28-14-11-23)21(24-25)9-6-12-29-17-19-7-4-3-5-8-19/h3-5,7-8,16,18H,2,6,9-15,17H2,1H3. The molecule has 0 spiro atoms. The molecule has 2 aromatic rings. The molecule has 0 radical (unpaired) electrons. The second kappa shape index (κ2) is 10.5. The average molecular weight is 399 g/mol. The van der Waals surface area contributed by atoms with Crippen molar-refractivity contribution in [2.45, 2.75) is 52.2 Å². The molecular formula is C23H30N2O4. The van der Waals surface area contributed by atoms with Gasteiger partial charge in [0.25, 0.3) is 0 Å². The molecule has 0 N–H and O–H groups in total. The number of hydrogen-bond donors (Lipinski definition) is 0. The van der Waals surface area contributed by atoms with E-state index in [9.17, 15) is 9.59 Å². The third kappa shape index (κ3) is 5.40. The molecule has 0 unspecified atom stereocenters. The normalized spacial score (nSPS) is 15.9. The van der Waals surface area contributed by atoms with Crippen LogP contribution in [0.4, 0.5) is 0 Å². The maximum absolute atomic E-state index is 11.9. The summed E-state index contributed by atoms with van der Waals surface area (Å²) in [5.74, 6) is 0. The van der Waals surface area contributed by atoms with Gasteiger partial charge in [0, 0.05) is 37.3 Å². The molecule has 156 valence electrons. The van der Waals surface area contributed by atoms with Crippen molar-refractivity contribution in [3.63, 3.8) is 0 Å². The minimum absolute atomic E-state index is 0.462.